The standard InChI is InChI=1S/C27H15N3O/c1-2-9-17-16(8-1)20-13-7-14-22-24-18-10-3-5-12-21(18)30(26(24)25(17)29(20)22)27-28-19-11-4-6-15-23(19)31-27/h1-15H. The molecule has 5 heterocycles. The van der Waals surface area contributed by atoms with Crippen molar-refractivity contribution >= 4 is 60.2 Å². The first kappa shape index (κ1) is 15.5. The summed E-state index contributed by atoms with van der Waals surface area (Å²) >= 11 is 0. The second-order valence-corrected chi connectivity index (χ2v) is 8.07. The molecule has 31 heavy (non-hydrogen) atoms. The van der Waals surface area contributed by atoms with Crippen LogP contribution < -0.4 is 0 Å². The molecule has 144 valence electrons. The number of oxazole rings is 1. The molecule has 0 aliphatic carbocycles. The first-order valence-electron chi connectivity index (χ1n) is 10.4. The zero-order valence-corrected chi connectivity index (χ0v) is 16.4. The minimum atomic E-state index is 0.602. The number of pyridine rings is 1. The summed E-state index contributed by atoms with van der Waals surface area (Å²) in [4.78, 5) is 4.86. The molecule has 5 aromatic heterocycles. The van der Waals surface area contributed by atoms with Crippen molar-refractivity contribution in [2.75, 3.05) is 0 Å². The van der Waals surface area contributed by atoms with E-state index in [1.807, 2.05) is 24.3 Å². The lowest BCUT2D eigenvalue weighted by molar-refractivity contribution is 0.574. The summed E-state index contributed by atoms with van der Waals surface area (Å²) in [6, 6.07) is 32.3. The average Bonchev–Trinajstić information content (AvgIpc) is 3.54. The van der Waals surface area contributed by atoms with Gasteiger partial charge in [0.2, 0.25) is 0 Å². The molecule has 4 heteroatoms. The molecule has 4 nitrogen and oxygen atoms in total. The Balaban J connectivity index is 1.71. The van der Waals surface area contributed by atoms with Crippen LogP contribution in [0, 0.1) is 0 Å². The predicted octanol–water partition coefficient (Wildman–Crippen LogP) is 6.92. The third-order valence-electron chi connectivity index (χ3n) is 6.50. The monoisotopic (exact) mass is 397 g/mol. The Bertz CT molecular complexity index is 1920. The average molecular weight is 397 g/mol. The molecule has 0 radical (unpaired) electrons. The molecular formula is C27H15N3O. The van der Waals surface area contributed by atoms with Gasteiger partial charge >= 0.3 is 6.01 Å². The Hall–Kier alpha value is -4.31. The van der Waals surface area contributed by atoms with Crippen LogP contribution in [0.1, 0.15) is 0 Å². The van der Waals surface area contributed by atoms with E-state index in [0.717, 1.165) is 22.1 Å². The number of benzene rings is 3. The molecule has 0 saturated carbocycles. The second-order valence-electron chi connectivity index (χ2n) is 8.07. The molecule has 0 amide bonds. The van der Waals surface area contributed by atoms with E-state index >= 15 is 0 Å². The lowest BCUT2D eigenvalue weighted by Gasteiger charge is -2.02. The van der Waals surface area contributed by atoms with Gasteiger partial charge in [-0.25, -0.2) is 0 Å². The first-order valence-corrected chi connectivity index (χ1v) is 10.4. The van der Waals surface area contributed by atoms with Crippen molar-refractivity contribution in [3.63, 3.8) is 0 Å². The number of hydrogen-bond acceptors (Lipinski definition) is 2. The van der Waals surface area contributed by atoms with E-state index in [9.17, 15) is 0 Å². The van der Waals surface area contributed by atoms with E-state index in [1.165, 1.54) is 38.1 Å². The van der Waals surface area contributed by atoms with Crippen LogP contribution in [0.25, 0.3) is 66.2 Å². The Morgan fingerprint density at radius 3 is 2.19 bits per heavy atom. The van der Waals surface area contributed by atoms with E-state index in [-0.39, 0.29) is 0 Å². The molecular weight excluding hydrogens is 382 g/mol. The third-order valence-corrected chi connectivity index (χ3v) is 6.50. The number of nitrogens with zero attached hydrogens (tertiary/aromatic N) is 3. The van der Waals surface area contributed by atoms with Gasteiger partial charge in [-0.15, -0.1) is 0 Å². The van der Waals surface area contributed by atoms with E-state index in [4.69, 9.17) is 9.40 Å². The number of fused-ring (bicyclic) bond motifs is 9. The van der Waals surface area contributed by atoms with Gasteiger partial charge in [0.05, 0.1) is 27.6 Å². The molecule has 0 atom stereocenters. The largest absolute Gasteiger partial charge is 0.423 e. The van der Waals surface area contributed by atoms with Crippen molar-refractivity contribution in [3.05, 3.63) is 91.0 Å². The highest BCUT2D eigenvalue weighted by molar-refractivity contribution is 6.29. The number of aromatic nitrogens is 3. The fraction of sp³-hybridized carbons (Fsp3) is 0. The molecule has 0 fully saturated rings. The summed E-state index contributed by atoms with van der Waals surface area (Å²) in [5.74, 6) is 0. The first-order chi connectivity index (χ1) is 15.4. The molecule has 0 bridgehead atoms. The van der Waals surface area contributed by atoms with Gasteiger partial charge in [-0.1, -0.05) is 60.7 Å². The molecule has 8 aromatic rings. The van der Waals surface area contributed by atoms with Crippen molar-refractivity contribution in [3.8, 4) is 6.01 Å². The molecule has 3 aromatic carbocycles. The van der Waals surface area contributed by atoms with Gasteiger partial charge in [-0.2, -0.15) is 4.98 Å². The van der Waals surface area contributed by atoms with Crippen molar-refractivity contribution in [1.29, 1.82) is 0 Å². The Kier molecular flexibility index (Phi) is 2.62. The fourth-order valence-electron chi connectivity index (χ4n) is 5.30. The normalized spacial score (nSPS) is 12.5. The number of hydrogen-bond donors (Lipinski definition) is 0. The summed E-state index contributed by atoms with van der Waals surface area (Å²) in [6.07, 6.45) is 0. The summed E-state index contributed by atoms with van der Waals surface area (Å²) in [5, 5.41) is 4.96. The maximum absolute atomic E-state index is 6.27. The summed E-state index contributed by atoms with van der Waals surface area (Å²) in [6.45, 7) is 0. The zero-order chi connectivity index (χ0) is 20.1. The van der Waals surface area contributed by atoms with Crippen LogP contribution in [-0.4, -0.2) is 14.0 Å². The summed E-state index contributed by atoms with van der Waals surface area (Å²) in [5.41, 5.74) is 7.55. The topological polar surface area (TPSA) is 35.4 Å². The highest BCUT2D eigenvalue weighted by atomic mass is 16.4. The third kappa shape index (κ3) is 1.75. The Morgan fingerprint density at radius 1 is 0.581 bits per heavy atom. The van der Waals surface area contributed by atoms with Crippen molar-refractivity contribution in [2.45, 2.75) is 0 Å². The smallest absolute Gasteiger partial charge is 0.307 e. The quantitative estimate of drug-likeness (QED) is 0.301. The van der Waals surface area contributed by atoms with Crippen molar-refractivity contribution < 1.29 is 4.42 Å². The maximum atomic E-state index is 6.27. The SMILES string of the molecule is c1ccc2oc(-n3c4ccccc4c4c3c3c5ccccc5c5cccc4n53)nc2c1. The van der Waals surface area contributed by atoms with Crippen LogP contribution in [0.5, 0.6) is 0 Å². The molecule has 8 rings (SSSR count). The van der Waals surface area contributed by atoms with Gasteiger partial charge in [0, 0.05) is 21.5 Å². The van der Waals surface area contributed by atoms with Gasteiger partial charge in [0.1, 0.15) is 5.52 Å². The fourth-order valence-corrected chi connectivity index (χ4v) is 5.30. The predicted molar refractivity (Wildman–Crippen MR) is 126 cm³/mol. The molecule has 0 saturated heterocycles. The molecule has 0 N–H and O–H groups in total. The highest BCUT2D eigenvalue weighted by Crippen LogP contribution is 2.44. The molecule has 0 spiro atoms. The van der Waals surface area contributed by atoms with E-state index in [0.29, 0.717) is 6.01 Å². The van der Waals surface area contributed by atoms with Gasteiger partial charge in [-0.05, 0) is 30.3 Å². The van der Waals surface area contributed by atoms with Crippen LogP contribution in [-0.2, 0) is 0 Å². The number of para-hydroxylation sites is 3. The van der Waals surface area contributed by atoms with E-state index in [1.54, 1.807) is 0 Å². The lowest BCUT2D eigenvalue weighted by atomic mass is 10.1. The lowest BCUT2D eigenvalue weighted by Crippen LogP contribution is -1.94. The van der Waals surface area contributed by atoms with Crippen LogP contribution in [0.15, 0.2) is 95.4 Å². The summed E-state index contributed by atoms with van der Waals surface area (Å²) < 4.78 is 10.9. The molecule has 0 aliphatic rings. The van der Waals surface area contributed by atoms with Crippen LogP contribution in [0.4, 0.5) is 0 Å². The Morgan fingerprint density at radius 2 is 1.29 bits per heavy atom. The second kappa shape index (κ2) is 5.24. The summed E-state index contributed by atoms with van der Waals surface area (Å²) in [7, 11) is 0. The minimum absolute atomic E-state index is 0.602. The van der Waals surface area contributed by atoms with Crippen molar-refractivity contribution in [1.82, 2.24) is 14.0 Å². The highest BCUT2D eigenvalue weighted by Gasteiger charge is 2.25. The van der Waals surface area contributed by atoms with E-state index < -0.39 is 0 Å². The maximum Gasteiger partial charge on any atom is 0.307 e. The molecule has 0 aliphatic heterocycles. The van der Waals surface area contributed by atoms with Gasteiger partial charge in [-0.3, -0.25) is 4.57 Å². The minimum Gasteiger partial charge on any atom is -0.423 e. The van der Waals surface area contributed by atoms with Crippen molar-refractivity contribution in [2.24, 2.45) is 0 Å². The van der Waals surface area contributed by atoms with Crippen LogP contribution >= 0.6 is 0 Å². The number of rotatable bonds is 1. The van der Waals surface area contributed by atoms with Crippen LogP contribution in [0.2, 0.25) is 0 Å². The zero-order valence-electron chi connectivity index (χ0n) is 16.4. The Labute approximate surface area is 175 Å². The van der Waals surface area contributed by atoms with Gasteiger partial charge < -0.3 is 8.82 Å². The van der Waals surface area contributed by atoms with Gasteiger partial charge in [0.25, 0.3) is 0 Å². The van der Waals surface area contributed by atoms with Crippen LogP contribution in [0.3, 0.4) is 0 Å². The molecule has 0 unspecified atom stereocenters. The van der Waals surface area contributed by atoms with Gasteiger partial charge in [0.15, 0.2) is 5.58 Å². The van der Waals surface area contributed by atoms with E-state index in [2.05, 4.69) is 75.7 Å².